The summed E-state index contributed by atoms with van der Waals surface area (Å²) >= 11 is 0. The third kappa shape index (κ3) is 3.07. The minimum Gasteiger partial charge on any atom is -0.490 e. The molecule has 2 nitrogen and oxygen atoms in total. The van der Waals surface area contributed by atoms with E-state index in [4.69, 9.17) is 4.74 Å². The minimum atomic E-state index is -0.290. The molecule has 1 aromatic rings. The molecule has 0 radical (unpaired) electrons. The highest BCUT2D eigenvalue weighted by atomic mass is 19.1. The van der Waals surface area contributed by atoms with Crippen molar-refractivity contribution in [2.75, 3.05) is 19.7 Å². The van der Waals surface area contributed by atoms with Crippen LogP contribution in [0, 0.1) is 5.82 Å². The van der Waals surface area contributed by atoms with Crippen molar-refractivity contribution in [3.05, 3.63) is 41.7 Å². The molecule has 1 heterocycles. The molecular weight excluding hydrogens is 205 g/mol. The third-order valence-corrected chi connectivity index (χ3v) is 2.68. The Labute approximate surface area is 95.1 Å². The van der Waals surface area contributed by atoms with Gasteiger partial charge in [-0.2, -0.15) is 0 Å². The van der Waals surface area contributed by atoms with Crippen molar-refractivity contribution < 1.29 is 9.13 Å². The van der Waals surface area contributed by atoms with Gasteiger partial charge in [-0.25, -0.2) is 4.39 Å². The van der Waals surface area contributed by atoms with Crippen LogP contribution >= 0.6 is 0 Å². The van der Waals surface area contributed by atoms with E-state index in [2.05, 4.69) is 11.4 Å². The van der Waals surface area contributed by atoms with Gasteiger partial charge < -0.3 is 10.1 Å². The average Bonchev–Trinajstić information content (AvgIpc) is 2.33. The number of rotatable bonds is 4. The highest BCUT2D eigenvalue weighted by Gasteiger charge is 2.04. The first-order valence-corrected chi connectivity index (χ1v) is 5.62. The van der Waals surface area contributed by atoms with Crippen LogP contribution in [0.4, 0.5) is 4.39 Å². The standard InChI is InChI=1S/C13H16FNO/c14-12-3-1-2-4-13(12)16-10-7-11-5-8-15-9-6-11/h1-5,15H,6-10H2. The van der Waals surface area contributed by atoms with E-state index in [1.807, 2.05) is 0 Å². The van der Waals surface area contributed by atoms with Gasteiger partial charge in [-0.3, -0.25) is 0 Å². The largest absolute Gasteiger partial charge is 0.490 e. The SMILES string of the molecule is Fc1ccccc1OCCC1=CCNCC1. The highest BCUT2D eigenvalue weighted by Crippen LogP contribution is 2.17. The second-order valence-electron chi connectivity index (χ2n) is 3.85. The smallest absolute Gasteiger partial charge is 0.165 e. The normalized spacial score (nSPS) is 15.7. The summed E-state index contributed by atoms with van der Waals surface area (Å²) in [5, 5.41) is 3.25. The minimum absolute atomic E-state index is 0.290. The lowest BCUT2D eigenvalue weighted by Gasteiger charge is -2.14. The van der Waals surface area contributed by atoms with E-state index in [0.29, 0.717) is 12.4 Å². The van der Waals surface area contributed by atoms with Crippen LogP contribution in [0.5, 0.6) is 5.75 Å². The van der Waals surface area contributed by atoms with Gasteiger partial charge in [0.1, 0.15) is 0 Å². The number of nitrogens with one attached hydrogen (secondary N) is 1. The molecule has 86 valence electrons. The van der Waals surface area contributed by atoms with Gasteiger partial charge in [0.05, 0.1) is 6.61 Å². The second-order valence-corrected chi connectivity index (χ2v) is 3.85. The van der Waals surface area contributed by atoms with Crippen LogP contribution in [0.2, 0.25) is 0 Å². The summed E-state index contributed by atoms with van der Waals surface area (Å²) < 4.78 is 18.6. The highest BCUT2D eigenvalue weighted by molar-refractivity contribution is 5.23. The van der Waals surface area contributed by atoms with Gasteiger partial charge in [0.2, 0.25) is 0 Å². The maximum absolute atomic E-state index is 13.2. The van der Waals surface area contributed by atoms with Crippen molar-refractivity contribution in [3.8, 4) is 5.75 Å². The van der Waals surface area contributed by atoms with E-state index in [1.165, 1.54) is 11.6 Å². The van der Waals surface area contributed by atoms with E-state index >= 15 is 0 Å². The van der Waals surface area contributed by atoms with E-state index < -0.39 is 0 Å². The average molecular weight is 221 g/mol. The molecule has 0 saturated carbocycles. The second kappa shape index (κ2) is 5.66. The molecule has 0 spiro atoms. The maximum atomic E-state index is 13.2. The molecule has 1 aliphatic heterocycles. The van der Waals surface area contributed by atoms with Gasteiger partial charge in [-0.05, 0) is 25.1 Å². The maximum Gasteiger partial charge on any atom is 0.165 e. The Morgan fingerprint density at radius 1 is 1.31 bits per heavy atom. The summed E-state index contributed by atoms with van der Waals surface area (Å²) in [6.07, 6.45) is 4.14. The zero-order chi connectivity index (χ0) is 11.2. The fourth-order valence-corrected chi connectivity index (χ4v) is 1.75. The number of hydrogen-bond donors (Lipinski definition) is 1. The van der Waals surface area contributed by atoms with Crippen molar-refractivity contribution >= 4 is 0 Å². The number of ether oxygens (including phenoxy) is 1. The number of hydrogen-bond acceptors (Lipinski definition) is 2. The fourth-order valence-electron chi connectivity index (χ4n) is 1.75. The molecule has 1 aromatic carbocycles. The summed E-state index contributed by atoms with van der Waals surface area (Å²) in [6.45, 7) is 2.52. The molecule has 0 amide bonds. The van der Waals surface area contributed by atoms with E-state index in [-0.39, 0.29) is 5.82 Å². The van der Waals surface area contributed by atoms with E-state index in [9.17, 15) is 4.39 Å². The Morgan fingerprint density at radius 2 is 2.19 bits per heavy atom. The first kappa shape index (κ1) is 11.1. The lowest BCUT2D eigenvalue weighted by molar-refractivity contribution is 0.303. The van der Waals surface area contributed by atoms with Crippen LogP contribution in [0.1, 0.15) is 12.8 Å². The van der Waals surface area contributed by atoms with Gasteiger partial charge in [-0.1, -0.05) is 23.8 Å². The van der Waals surface area contributed by atoms with Gasteiger partial charge in [-0.15, -0.1) is 0 Å². The van der Waals surface area contributed by atoms with Gasteiger partial charge in [0, 0.05) is 13.0 Å². The molecule has 1 aliphatic rings. The molecule has 0 saturated heterocycles. The van der Waals surface area contributed by atoms with Crippen LogP contribution in [0.3, 0.4) is 0 Å². The summed E-state index contributed by atoms with van der Waals surface area (Å²) in [6, 6.07) is 6.52. The Morgan fingerprint density at radius 3 is 2.94 bits per heavy atom. The molecular formula is C13H16FNO. The third-order valence-electron chi connectivity index (χ3n) is 2.68. The van der Waals surface area contributed by atoms with Crippen molar-refractivity contribution in [3.63, 3.8) is 0 Å². The van der Waals surface area contributed by atoms with Crippen molar-refractivity contribution in [1.82, 2.24) is 5.32 Å². The summed E-state index contributed by atoms with van der Waals surface area (Å²) in [4.78, 5) is 0. The molecule has 1 N–H and O–H groups in total. The van der Waals surface area contributed by atoms with E-state index in [1.54, 1.807) is 18.2 Å². The first-order chi connectivity index (χ1) is 7.86. The van der Waals surface area contributed by atoms with Crippen molar-refractivity contribution in [2.45, 2.75) is 12.8 Å². The molecule has 2 rings (SSSR count). The van der Waals surface area contributed by atoms with Gasteiger partial charge >= 0.3 is 0 Å². The summed E-state index contributed by atoms with van der Waals surface area (Å²) in [5.41, 5.74) is 1.40. The molecule has 16 heavy (non-hydrogen) atoms. The zero-order valence-corrected chi connectivity index (χ0v) is 9.21. The van der Waals surface area contributed by atoms with Crippen LogP contribution in [0.15, 0.2) is 35.9 Å². The van der Waals surface area contributed by atoms with Crippen LogP contribution in [0.25, 0.3) is 0 Å². The molecule has 0 unspecified atom stereocenters. The Hall–Kier alpha value is -1.35. The fraction of sp³-hybridized carbons (Fsp3) is 0.385. The topological polar surface area (TPSA) is 21.3 Å². The summed E-state index contributed by atoms with van der Waals surface area (Å²) in [5.74, 6) is 0.0545. The van der Waals surface area contributed by atoms with Gasteiger partial charge in [0.25, 0.3) is 0 Å². The zero-order valence-electron chi connectivity index (χ0n) is 9.21. The lowest BCUT2D eigenvalue weighted by atomic mass is 10.1. The number of benzene rings is 1. The van der Waals surface area contributed by atoms with Crippen LogP contribution in [-0.4, -0.2) is 19.7 Å². The van der Waals surface area contributed by atoms with Crippen molar-refractivity contribution in [1.29, 1.82) is 0 Å². The van der Waals surface area contributed by atoms with E-state index in [0.717, 1.165) is 25.9 Å². The Kier molecular flexibility index (Phi) is 3.94. The Balaban J connectivity index is 1.80. The molecule has 0 aromatic heterocycles. The monoisotopic (exact) mass is 221 g/mol. The van der Waals surface area contributed by atoms with Crippen LogP contribution < -0.4 is 10.1 Å². The molecule has 0 bridgehead atoms. The molecule has 0 aliphatic carbocycles. The number of para-hydroxylation sites is 1. The molecule has 0 fully saturated rings. The van der Waals surface area contributed by atoms with Crippen molar-refractivity contribution in [2.24, 2.45) is 0 Å². The number of halogens is 1. The van der Waals surface area contributed by atoms with Crippen LogP contribution in [-0.2, 0) is 0 Å². The Bertz CT molecular complexity index is 376. The molecule has 3 heteroatoms. The predicted octanol–water partition coefficient (Wildman–Crippen LogP) is 2.51. The van der Waals surface area contributed by atoms with Gasteiger partial charge in [0.15, 0.2) is 11.6 Å². The first-order valence-electron chi connectivity index (χ1n) is 5.62. The summed E-state index contributed by atoms with van der Waals surface area (Å²) in [7, 11) is 0. The quantitative estimate of drug-likeness (QED) is 0.789. The molecule has 0 atom stereocenters. The lowest BCUT2D eigenvalue weighted by Crippen LogP contribution is -2.21. The predicted molar refractivity (Wildman–Crippen MR) is 62.1 cm³/mol.